The van der Waals surface area contributed by atoms with E-state index < -0.39 is 0 Å². The Bertz CT molecular complexity index is 362. The zero-order valence-electron chi connectivity index (χ0n) is 21.6. The number of carbonyl (C=O) groups is 1. The van der Waals surface area contributed by atoms with E-state index in [4.69, 9.17) is 9.47 Å². The number of esters is 1. The third-order valence-corrected chi connectivity index (χ3v) is 6.61. The normalized spacial score (nSPS) is 12.3. The summed E-state index contributed by atoms with van der Waals surface area (Å²) < 4.78 is 12.0. The van der Waals surface area contributed by atoms with Crippen LogP contribution in [0, 0.1) is 5.92 Å². The minimum absolute atomic E-state index is 0.00252. The summed E-state index contributed by atoms with van der Waals surface area (Å²) >= 11 is 1.17. The molecule has 4 heteroatoms. The van der Waals surface area contributed by atoms with Crippen LogP contribution in [-0.2, 0) is 14.3 Å². The third kappa shape index (κ3) is 23.4. The molecule has 0 aliphatic heterocycles. The number of carbonyl (C=O) groups excluding carboxylic acids is 1. The van der Waals surface area contributed by atoms with Crippen LogP contribution in [0.1, 0.15) is 136 Å². The van der Waals surface area contributed by atoms with E-state index in [0.717, 1.165) is 36.0 Å². The first-order chi connectivity index (χ1) is 15.3. The van der Waals surface area contributed by atoms with Crippen LogP contribution < -0.4 is 0 Å². The van der Waals surface area contributed by atoms with Crippen molar-refractivity contribution in [3.8, 4) is 0 Å². The van der Waals surface area contributed by atoms with Gasteiger partial charge in [0.25, 0.3) is 0 Å². The summed E-state index contributed by atoms with van der Waals surface area (Å²) in [5, 5.41) is 0. The molecule has 0 aromatic rings. The summed E-state index contributed by atoms with van der Waals surface area (Å²) in [4.78, 5) is 12.3. The van der Waals surface area contributed by atoms with Crippen LogP contribution in [0.4, 0.5) is 0 Å². The summed E-state index contributed by atoms with van der Waals surface area (Å²) in [7, 11) is 0. The van der Waals surface area contributed by atoms with E-state index >= 15 is 0 Å². The molecule has 0 saturated heterocycles. The van der Waals surface area contributed by atoms with Crippen molar-refractivity contribution in [3.05, 3.63) is 0 Å². The van der Waals surface area contributed by atoms with Crippen LogP contribution in [0.5, 0.6) is 0 Å². The summed E-state index contributed by atoms with van der Waals surface area (Å²) in [6.45, 7) is 6.21. The van der Waals surface area contributed by atoms with E-state index in [1.807, 2.05) is 0 Å². The average Bonchev–Trinajstić information content (AvgIpc) is 2.77. The standard InChI is InChI=1S/C27H53O3.Na/c1-4-7-8-9-10-11-12-13-14-15-16-17-18-19-20-21-23-26(22-5-2)27(28)30-25-24-29-6-3;/h26H,3-25H2,1-2H3;. The second-order valence-corrected chi connectivity index (χ2v) is 10.4. The molecule has 0 fully saturated rings. The van der Waals surface area contributed by atoms with Crippen LogP contribution in [0.3, 0.4) is 0 Å². The average molecular weight is 449 g/mol. The molecule has 0 bridgehead atoms. The molecule has 0 saturated carbocycles. The van der Waals surface area contributed by atoms with Gasteiger partial charge in [0.1, 0.15) is 0 Å². The van der Waals surface area contributed by atoms with Crippen molar-refractivity contribution >= 4 is 33.9 Å². The number of unbranched alkanes of at least 4 members (excludes halogenated alkanes) is 15. The van der Waals surface area contributed by atoms with Crippen molar-refractivity contribution < 1.29 is 14.3 Å². The van der Waals surface area contributed by atoms with Crippen molar-refractivity contribution in [2.24, 2.45) is 5.92 Å². The molecule has 31 heavy (non-hydrogen) atoms. The number of ether oxygens (including phenoxy) is 2. The first-order valence-corrected chi connectivity index (χ1v) is 15.4. The molecular formula is C27H53NaO3. The van der Waals surface area contributed by atoms with Gasteiger partial charge in [-0.25, -0.2) is 0 Å². The zero-order valence-corrected chi connectivity index (χ0v) is 23.6. The van der Waals surface area contributed by atoms with Crippen molar-refractivity contribution in [1.82, 2.24) is 0 Å². The fraction of sp³-hybridized carbons (Fsp3) is 0.963. The van der Waals surface area contributed by atoms with E-state index in [1.165, 1.54) is 124 Å². The molecular weight excluding hydrogens is 395 g/mol. The van der Waals surface area contributed by atoms with Gasteiger partial charge in [0.15, 0.2) is 0 Å². The van der Waals surface area contributed by atoms with E-state index in [9.17, 15) is 4.79 Å². The molecule has 0 N–H and O–H groups in total. The Morgan fingerprint density at radius 3 is 1.55 bits per heavy atom. The van der Waals surface area contributed by atoms with Crippen molar-refractivity contribution in [3.63, 3.8) is 0 Å². The zero-order chi connectivity index (χ0) is 22.8. The van der Waals surface area contributed by atoms with Gasteiger partial charge in [-0.3, -0.25) is 0 Å². The van der Waals surface area contributed by atoms with Gasteiger partial charge in [0.2, 0.25) is 0 Å². The monoisotopic (exact) mass is 448 g/mol. The Labute approximate surface area is 212 Å². The van der Waals surface area contributed by atoms with E-state index in [1.54, 1.807) is 0 Å². The molecule has 3 nitrogen and oxygen atoms in total. The molecule has 180 valence electrons. The number of hydrogen-bond donors (Lipinski definition) is 0. The molecule has 0 radical (unpaired) electrons. The molecule has 0 spiro atoms. The number of rotatable bonds is 25. The van der Waals surface area contributed by atoms with E-state index in [0.29, 0.717) is 13.2 Å². The number of hydrogen-bond acceptors (Lipinski definition) is 3. The van der Waals surface area contributed by atoms with Gasteiger partial charge in [-0.2, -0.15) is 0 Å². The Balaban J connectivity index is 3.46. The van der Waals surface area contributed by atoms with Crippen LogP contribution >= 0.6 is 0 Å². The molecule has 0 aliphatic carbocycles. The minimum atomic E-state index is -0.00252. The first kappa shape index (κ1) is 31.4. The molecule has 1 atom stereocenters. The Morgan fingerprint density at radius 2 is 1.10 bits per heavy atom. The van der Waals surface area contributed by atoms with E-state index in [-0.39, 0.29) is 11.9 Å². The van der Waals surface area contributed by atoms with Crippen molar-refractivity contribution in [1.29, 1.82) is 0 Å². The fourth-order valence-electron chi connectivity index (χ4n) is 4.23. The quantitative estimate of drug-likeness (QED) is 0.0802. The maximum absolute atomic E-state index is 12.3. The molecule has 0 amide bonds. The van der Waals surface area contributed by atoms with Crippen molar-refractivity contribution in [2.45, 2.75) is 140 Å². The molecule has 0 heterocycles. The maximum atomic E-state index is 12.3. The summed E-state index contributed by atoms with van der Waals surface area (Å²) in [6.07, 6.45) is 25.2. The van der Waals surface area contributed by atoms with Crippen LogP contribution in [0.2, 0.25) is 3.67 Å². The van der Waals surface area contributed by atoms with Crippen LogP contribution in [0.25, 0.3) is 0 Å². The third-order valence-electron chi connectivity index (χ3n) is 6.20. The Morgan fingerprint density at radius 1 is 0.613 bits per heavy atom. The van der Waals surface area contributed by atoms with Gasteiger partial charge in [-0.1, -0.05) is 90.4 Å². The van der Waals surface area contributed by atoms with Crippen molar-refractivity contribution in [2.75, 3.05) is 19.8 Å². The van der Waals surface area contributed by atoms with Gasteiger partial charge in [0.05, 0.1) is 0 Å². The summed E-state index contributed by atoms with van der Waals surface area (Å²) in [5.74, 6) is 0.0903. The van der Waals surface area contributed by atoms with Crippen LogP contribution in [0.15, 0.2) is 0 Å². The SMILES string of the molecule is CCCCCCCCCCCCCCCCCCC(CCC)C(=O)OCCOC[CH2][Na]. The van der Waals surface area contributed by atoms with Gasteiger partial charge < -0.3 is 0 Å². The Hall–Kier alpha value is 0.430. The van der Waals surface area contributed by atoms with Gasteiger partial charge in [-0.15, -0.1) is 0 Å². The summed E-state index contributed by atoms with van der Waals surface area (Å²) in [5.41, 5.74) is 0. The molecule has 0 aliphatic rings. The topological polar surface area (TPSA) is 35.5 Å². The Kier molecular flexibility index (Phi) is 27.1. The summed E-state index contributed by atoms with van der Waals surface area (Å²) in [6, 6.07) is 0. The molecule has 0 rings (SSSR count). The van der Waals surface area contributed by atoms with Crippen LogP contribution in [-0.4, -0.2) is 53.7 Å². The van der Waals surface area contributed by atoms with E-state index in [2.05, 4.69) is 13.8 Å². The molecule has 0 aromatic heterocycles. The second kappa shape index (κ2) is 26.7. The second-order valence-electron chi connectivity index (χ2n) is 9.36. The first-order valence-electron chi connectivity index (χ1n) is 14.0. The van der Waals surface area contributed by atoms with Gasteiger partial charge in [0, 0.05) is 0 Å². The van der Waals surface area contributed by atoms with Gasteiger partial charge >= 0.3 is 123 Å². The van der Waals surface area contributed by atoms with Gasteiger partial charge in [-0.05, 0) is 0 Å². The molecule has 0 aromatic carbocycles. The fourth-order valence-corrected chi connectivity index (χ4v) is 4.52. The molecule has 1 unspecified atom stereocenters. The predicted octanol–water partition coefficient (Wildman–Crippen LogP) is 8.20. The predicted molar refractivity (Wildman–Crippen MR) is 135 cm³/mol.